The Bertz CT molecular complexity index is 450. The van der Waals surface area contributed by atoms with Crippen molar-refractivity contribution in [2.45, 2.75) is 6.42 Å². The van der Waals surface area contributed by atoms with Crippen molar-refractivity contribution in [3.8, 4) is 0 Å². The number of nitrogens with zero attached hydrogens (tertiary/aromatic N) is 2. The van der Waals surface area contributed by atoms with E-state index in [9.17, 15) is 9.59 Å². The van der Waals surface area contributed by atoms with Crippen LogP contribution in [0.2, 0.25) is 0 Å². The quantitative estimate of drug-likeness (QED) is 0.620. The zero-order chi connectivity index (χ0) is 13.3. The first-order valence-electron chi connectivity index (χ1n) is 5.34. The zero-order valence-electron chi connectivity index (χ0n) is 9.71. The highest BCUT2D eigenvalue weighted by Gasteiger charge is 2.36. The second-order valence-corrected chi connectivity index (χ2v) is 6.60. The number of hydrogen-bond donors (Lipinski definition) is 1. The Hall–Kier alpha value is -0.730. The summed E-state index contributed by atoms with van der Waals surface area (Å²) in [5.74, 6) is -0.128. The second kappa shape index (κ2) is 5.50. The van der Waals surface area contributed by atoms with E-state index in [4.69, 9.17) is 17.3 Å². The summed E-state index contributed by atoms with van der Waals surface area (Å²) in [7, 11) is 1.94. The highest BCUT2D eigenvalue weighted by molar-refractivity contribution is 8.27. The number of amides is 1. The van der Waals surface area contributed by atoms with Crippen LogP contribution in [-0.4, -0.2) is 57.0 Å². The molecule has 0 bridgehead atoms. The number of rotatable bonds is 3. The van der Waals surface area contributed by atoms with Gasteiger partial charge in [0.1, 0.15) is 9.23 Å². The smallest absolute Gasteiger partial charge is 0.305 e. The van der Waals surface area contributed by atoms with Crippen LogP contribution in [0.3, 0.4) is 0 Å². The van der Waals surface area contributed by atoms with Gasteiger partial charge in [-0.15, -0.1) is 11.8 Å². The summed E-state index contributed by atoms with van der Waals surface area (Å²) in [6, 6.07) is 0. The van der Waals surface area contributed by atoms with E-state index in [0.29, 0.717) is 9.23 Å². The minimum Gasteiger partial charge on any atom is -0.481 e. The molecule has 0 radical (unpaired) electrons. The summed E-state index contributed by atoms with van der Waals surface area (Å²) in [5.41, 5.74) is 0. The second-order valence-electron chi connectivity index (χ2n) is 3.87. The van der Waals surface area contributed by atoms with Gasteiger partial charge in [-0.25, -0.2) is 0 Å². The molecule has 18 heavy (non-hydrogen) atoms. The first kappa shape index (κ1) is 13.7. The van der Waals surface area contributed by atoms with Gasteiger partial charge in [0, 0.05) is 25.9 Å². The van der Waals surface area contributed by atoms with Crippen molar-refractivity contribution >= 4 is 51.9 Å². The molecule has 0 unspecified atom stereocenters. The van der Waals surface area contributed by atoms with Gasteiger partial charge in [-0.2, -0.15) is 0 Å². The van der Waals surface area contributed by atoms with E-state index in [1.54, 1.807) is 11.8 Å². The maximum Gasteiger partial charge on any atom is 0.305 e. The highest BCUT2D eigenvalue weighted by atomic mass is 32.2. The maximum atomic E-state index is 12.2. The average molecular weight is 304 g/mol. The topological polar surface area (TPSA) is 60.9 Å². The van der Waals surface area contributed by atoms with Crippen LogP contribution in [0, 0.1) is 0 Å². The number of aliphatic carboxylic acids is 1. The van der Waals surface area contributed by atoms with Crippen molar-refractivity contribution in [3.63, 3.8) is 0 Å². The molecule has 2 fully saturated rings. The molecule has 0 atom stereocenters. The third-order valence-corrected chi connectivity index (χ3v) is 5.35. The van der Waals surface area contributed by atoms with Crippen LogP contribution in [0.4, 0.5) is 0 Å². The van der Waals surface area contributed by atoms with Crippen LogP contribution in [0.25, 0.3) is 0 Å². The van der Waals surface area contributed by atoms with Gasteiger partial charge in [-0.1, -0.05) is 24.0 Å². The van der Waals surface area contributed by atoms with Crippen LogP contribution in [0.15, 0.2) is 9.93 Å². The first-order valence-corrected chi connectivity index (χ1v) is 7.55. The van der Waals surface area contributed by atoms with Gasteiger partial charge >= 0.3 is 5.97 Å². The molecular formula is C10H12N2O3S3. The van der Waals surface area contributed by atoms with Crippen molar-refractivity contribution in [2.75, 3.05) is 25.9 Å². The molecule has 0 aliphatic carbocycles. The molecule has 2 saturated heterocycles. The van der Waals surface area contributed by atoms with E-state index in [2.05, 4.69) is 0 Å². The molecule has 1 amide bonds. The van der Waals surface area contributed by atoms with E-state index in [0.717, 1.165) is 17.3 Å². The number of carboxylic acids is 1. The van der Waals surface area contributed by atoms with Crippen molar-refractivity contribution in [2.24, 2.45) is 0 Å². The molecule has 0 spiro atoms. The first-order chi connectivity index (χ1) is 8.50. The Morgan fingerprint density at radius 1 is 1.56 bits per heavy atom. The zero-order valence-corrected chi connectivity index (χ0v) is 12.2. The van der Waals surface area contributed by atoms with Gasteiger partial charge in [0.15, 0.2) is 0 Å². The molecule has 98 valence electrons. The van der Waals surface area contributed by atoms with Crippen molar-refractivity contribution in [1.82, 2.24) is 9.80 Å². The van der Waals surface area contributed by atoms with E-state index in [1.807, 2.05) is 11.9 Å². The van der Waals surface area contributed by atoms with Gasteiger partial charge in [0.05, 0.1) is 11.4 Å². The Labute approximate surface area is 119 Å². The molecule has 5 nitrogen and oxygen atoms in total. The fourth-order valence-electron chi connectivity index (χ4n) is 1.66. The van der Waals surface area contributed by atoms with Crippen LogP contribution in [0.1, 0.15) is 6.42 Å². The number of carboxylic acid groups (broad SMARTS) is 1. The van der Waals surface area contributed by atoms with Gasteiger partial charge in [0.25, 0.3) is 5.91 Å². The third kappa shape index (κ3) is 2.65. The Morgan fingerprint density at radius 3 is 2.83 bits per heavy atom. The lowest BCUT2D eigenvalue weighted by atomic mass is 10.4. The average Bonchev–Trinajstić information content (AvgIpc) is 2.81. The van der Waals surface area contributed by atoms with Crippen LogP contribution in [-0.2, 0) is 9.59 Å². The Morgan fingerprint density at radius 2 is 2.28 bits per heavy atom. The van der Waals surface area contributed by atoms with Crippen molar-refractivity contribution < 1.29 is 14.7 Å². The highest BCUT2D eigenvalue weighted by Crippen LogP contribution is 2.40. The van der Waals surface area contributed by atoms with E-state index < -0.39 is 5.97 Å². The summed E-state index contributed by atoms with van der Waals surface area (Å²) < 4.78 is 0.449. The van der Waals surface area contributed by atoms with Gasteiger partial charge in [-0.3, -0.25) is 14.5 Å². The Kier molecular flexibility index (Phi) is 4.18. The molecule has 0 aromatic heterocycles. The predicted molar refractivity (Wildman–Crippen MR) is 76.3 cm³/mol. The molecule has 8 heteroatoms. The molecule has 0 aromatic carbocycles. The summed E-state index contributed by atoms with van der Waals surface area (Å²) >= 11 is 8.04. The Balaban J connectivity index is 2.16. The monoisotopic (exact) mass is 304 g/mol. The normalized spacial score (nSPS) is 24.3. The van der Waals surface area contributed by atoms with Gasteiger partial charge in [-0.05, 0) is 0 Å². The van der Waals surface area contributed by atoms with Crippen LogP contribution >= 0.6 is 35.7 Å². The summed E-state index contributed by atoms with van der Waals surface area (Å²) in [4.78, 5) is 26.8. The lowest BCUT2D eigenvalue weighted by molar-refractivity contribution is -0.137. The fraction of sp³-hybridized carbons (Fsp3) is 0.500. The van der Waals surface area contributed by atoms with Crippen LogP contribution < -0.4 is 0 Å². The standard InChI is InChI=1S/C10H12N2O3S3/c1-11-4-5-17-9(11)7-8(15)12(10(16)18-7)3-2-6(13)14/h2-5H2,1H3,(H,13,14). The van der Waals surface area contributed by atoms with E-state index in [1.165, 1.54) is 16.7 Å². The molecule has 2 aliphatic heterocycles. The molecule has 0 saturated carbocycles. The maximum absolute atomic E-state index is 12.2. The number of hydrogen-bond acceptors (Lipinski definition) is 6. The number of carbonyl (C=O) groups excluding carboxylic acids is 1. The minimum absolute atomic E-state index is 0.0853. The van der Waals surface area contributed by atoms with Crippen molar-refractivity contribution in [3.05, 3.63) is 9.93 Å². The van der Waals surface area contributed by atoms with E-state index >= 15 is 0 Å². The SMILES string of the molecule is CN1CCSC1=C1SC(=S)N(CCC(=O)O)C1=O. The van der Waals surface area contributed by atoms with Crippen LogP contribution in [0.5, 0.6) is 0 Å². The molecule has 1 N–H and O–H groups in total. The third-order valence-electron chi connectivity index (χ3n) is 2.60. The predicted octanol–water partition coefficient (Wildman–Crippen LogP) is 1.17. The lowest BCUT2D eigenvalue weighted by Gasteiger charge is -2.14. The molecule has 0 aromatic rings. The lowest BCUT2D eigenvalue weighted by Crippen LogP contribution is -2.30. The largest absolute Gasteiger partial charge is 0.481 e. The minimum atomic E-state index is -0.927. The molecular weight excluding hydrogens is 292 g/mol. The summed E-state index contributed by atoms with van der Waals surface area (Å²) in [5, 5.41) is 9.60. The molecule has 2 aliphatic rings. The van der Waals surface area contributed by atoms with Gasteiger partial charge in [0.2, 0.25) is 0 Å². The number of thioether (sulfide) groups is 2. The summed E-state index contributed by atoms with van der Waals surface area (Å²) in [6.07, 6.45) is -0.0853. The van der Waals surface area contributed by atoms with E-state index in [-0.39, 0.29) is 18.9 Å². The number of thiocarbonyl (C=S) groups is 1. The molecule has 2 heterocycles. The molecule has 2 rings (SSSR count). The van der Waals surface area contributed by atoms with Crippen molar-refractivity contribution in [1.29, 1.82) is 0 Å². The fourth-order valence-corrected chi connectivity index (χ4v) is 4.37. The number of carbonyl (C=O) groups is 2. The van der Waals surface area contributed by atoms with Gasteiger partial charge < -0.3 is 10.0 Å². The summed E-state index contributed by atoms with van der Waals surface area (Å²) in [6.45, 7) is 1.06.